The Labute approximate surface area is 134 Å². The van der Waals surface area contributed by atoms with Crippen LogP contribution in [0, 0.1) is 23.0 Å². The average molecular weight is 341 g/mol. The molecule has 1 aliphatic heterocycles. The summed E-state index contributed by atoms with van der Waals surface area (Å²) in [5.74, 6) is -0.562. The number of hydrogen-bond donors (Lipinski definition) is 1. The summed E-state index contributed by atoms with van der Waals surface area (Å²) in [7, 11) is -3.57. The van der Waals surface area contributed by atoms with Gasteiger partial charge in [0.05, 0.1) is 10.7 Å². The Balaban J connectivity index is 2.15. The number of nitrogens with zero attached hydrogens (tertiary/aromatic N) is 2. The molecule has 0 saturated carbocycles. The number of sulfonamides is 1. The summed E-state index contributed by atoms with van der Waals surface area (Å²) < 4.78 is 22.4. The smallest absolute Gasteiger partial charge is 0.269 e. The lowest BCUT2D eigenvalue weighted by molar-refractivity contribution is -0.384. The second kappa shape index (κ2) is 6.63. The molecule has 9 heteroatoms. The first-order valence-electron chi connectivity index (χ1n) is 7.22. The fraction of sp³-hybridized carbons (Fsp3) is 0.500. The first-order valence-corrected chi connectivity index (χ1v) is 8.93. The van der Waals surface area contributed by atoms with Gasteiger partial charge < -0.3 is 4.90 Å². The number of aryl methyl sites for hydroxylation is 1. The molecular weight excluding hydrogens is 322 g/mol. The predicted octanol–water partition coefficient (Wildman–Crippen LogP) is 1.04. The SMILES string of the molecule is Cc1cc([N+](=O)[O-])ccc1C(=O)N1CCC[C@@H](CS(N)(=O)=O)C1. The summed E-state index contributed by atoms with van der Waals surface area (Å²) >= 11 is 0. The zero-order valence-corrected chi connectivity index (χ0v) is 13.6. The van der Waals surface area contributed by atoms with Crippen LogP contribution in [0.4, 0.5) is 5.69 Å². The van der Waals surface area contributed by atoms with Crippen LogP contribution in [0.2, 0.25) is 0 Å². The number of carbonyl (C=O) groups excluding carboxylic acids is 1. The zero-order valence-electron chi connectivity index (χ0n) is 12.8. The highest BCUT2D eigenvalue weighted by Crippen LogP contribution is 2.23. The van der Waals surface area contributed by atoms with Gasteiger partial charge in [-0.1, -0.05) is 0 Å². The second-order valence-electron chi connectivity index (χ2n) is 5.85. The molecule has 0 spiro atoms. The van der Waals surface area contributed by atoms with E-state index in [1.54, 1.807) is 11.8 Å². The number of nitrogens with two attached hydrogens (primary N) is 1. The normalized spacial score (nSPS) is 18.7. The van der Waals surface area contributed by atoms with Gasteiger partial charge in [0, 0.05) is 30.8 Å². The van der Waals surface area contributed by atoms with Crippen LogP contribution in [0.5, 0.6) is 0 Å². The van der Waals surface area contributed by atoms with Gasteiger partial charge in [-0.05, 0) is 37.3 Å². The van der Waals surface area contributed by atoms with Gasteiger partial charge in [-0.15, -0.1) is 0 Å². The number of non-ortho nitro benzene ring substituents is 1. The number of piperidine rings is 1. The van der Waals surface area contributed by atoms with Crippen molar-refractivity contribution in [2.75, 3.05) is 18.8 Å². The highest BCUT2D eigenvalue weighted by molar-refractivity contribution is 7.89. The lowest BCUT2D eigenvalue weighted by Crippen LogP contribution is -2.42. The van der Waals surface area contributed by atoms with Crippen molar-refractivity contribution in [1.82, 2.24) is 4.90 Å². The molecule has 2 rings (SSSR count). The maximum atomic E-state index is 12.6. The average Bonchev–Trinajstić information content (AvgIpc) is 2.44. The van der Waals surface area contributed by atoms with E-state index in [1.165, 1.54) is 18.2 Å². The van der Waals surface area contributed by atoms with Gasteiger partial charge in [0.15, 0.2) is 0 Å². The number of likely N-dealkylation sites (tertiary alicyclic amines) is 1. The monoisotopic (exact) mass is 341 g/mol. The number of hydrogen-bond acceptors (Lipinski definition) is 5. The summed E-state index contributed by atoms with van der Waals surface area (Å²) in [6.07, 6.45) is 1.41. The molecule has 0 radical (unpaired) electrons. The Kier molecular flexibility index (Phi) is 5.00. The largest absolute Gasteiger partial charge is 0.338 e. The van der Waals surface area contributed by atoms with Gasteiger partial charge in [0.2, 0.25) is 10.0 Å². The van der Waals surface area contributed by atoms with Gasteiger partial charge in [0.25, 0.3) is 11.6 Å². The van der Waals surface area contributed by atoms with E-state index in [-0.39, 0.29) is 23.3 Å². The molecule has 1 saturated heterocycles. The Morgan fingerprint density at radius 2 is 2.17 bits per heavy atom. The summed E-state index contributed by atoms with van der Waals surface area (Å²) in [5.41, 5.74) is 0.856. The first kappa shape index (κ1) is 17.4. The van der Waals surface area contributed by atoms with Crippen molar-refractivity contribution in [3.63, 3.8) is 0 Å². The van der Waals surface area contributed by atoms with Gasteiger partial charge >= 0.3 is 0 Å². The highest BCUT2D eigenvalue weighted by atomic mass is 32.2. The molecule has 1 aliphatic rings. The van der Waals surface area contributed by atoms with E-state index in [2.05, 4.69) is 0 Å². The van der Waals surface area contributed by atoms with Crippen molar-refractivity contribution >= 4 is 21.6 Å². The third-order valence-corrected chi connectivity index (χ3v) is 4.86. The Morgan fingerprint density at radius 3 is 2.74 bits per heavy atom. The molecule has 1 fully saturated rings. The van der Waals surface area contributed by atoms with Crippen LogP contribution < -0.4 is 5.14 Å². The molecule has 1 atom stereocenters. The number of nitro groups is 1. The van der Waals surface area contributed by atoms with Crippen molar-refractivity contribution < 1.29 is 18.1 Å². The van der Waals surface area contributed by atoms with Crippen molar-refractivity contribution in [2.24, 2.45) is 11.1 Å². The third-order valence-electron chi connectivity index (χ3n) is 3.93. The molecule has 23 heavy (non-hydrogen) atoms. The Morgan fingerprint density at radius 1 is 1.48 bits per heavy atom. The van der Waals surface area contributed by atoms with Crippen molar-refractivity contribution in [1.29, 1.82) is 0 Å². The molecular formula is C14H19N3O5S. The van der Waals surface area contributed by atoms with E-state index in [1.807, 2.05) is 0 Å². The number of primary sulfonamides is 1. The fourth-order valence-corrected chi connectivity index (χ4v) is 3.81. The van der Waals surface area contributed by atoms with Crippen LogP contribution in [0.1, 0.15) is 28.8 Å². The summed E-state index contributed by atoms with van der Waals surface area (Å²) in [4.78, 5) is 24.4. The fourth-order valence-electron chi connectivity index (χ4n) is 2.89. The van der Waals surface area contributed by atoms with Gasteiger partial charge in [-0.25, -0.2) is 13.6 Å². The van der Waals surface area contributed by atoms with Crippen LogP contribution in [0.15, 0.2) is 18.2 Å². The standard InChI is InChI=1S/C14H19N3O5S/c1-10-7-12(17(19)20)4-5-13(10)14(18)16-6-2-3-11(8-16)9-23(15,21)22/h4-5,7,11H,2-3,6,8-9H2,1H3,(H2,15,21,22)/t11-/m1/s1. The Bertz CT molecular complexity index is 732. The molecule has 0 aromatic heterocycles. The van der Waals surface area contributed by atoms with E-state index in [4.69, 9.17) is 5.14 Å². The lowest BCUT2D eigenvalue weighted by atomic mass is 9.98. The summed E-state index contributed by atoms with van der Waals surface area (Å²) in [5, 5.41) is 15.8. The molecule has 1 aromatic rings. The molecule has 0 bridgehead atoms. The van der Waals surface area contributed by atoms with Gasteiger partial charge in [-0.3, -0.25) is 14.9 Å². The highest BCUT2D eigenvalue weighted by Gasteiger charge is 2.27. The van der Waals surface area contributed by atoms with E-state index in [0.29, 0.717) is 37.1 Å². The number of benzene rings is 1. The van der Waals surface area contributed by atoms with E-state index in [0.717, 1.165) is 0 Å². The third kappa shape index (κ3) is 4.49. The minimum Gasteiger partial charge on any atom is -0.338 e. The molecule has 8 nitrogen and oxygen atoms in total. The number of carbonyl (C=O) groups is 1. The predicted molar refractivity (Wildman–Crippen MR) is 84.4 cm³/mol. The van der Waals surface area contributed by atoms with Crippen LogP contribution in [-0.2, 0) is 10.0 Å². The Hall–Kier alpha value is -2.00. The molecule has 1 amide bonds. The van der Waals surface area contributed by atoms with Crippen LogP contribution in [-0.4, -0.2) is 43.0 Å². The maximum absolute atomic E-state index is 12.6. The lowest BCUT2D eigenvalue weighted by Gasteiger charge is -2.32. The van der Waals surface area contributed by atoms with Gasteiger partial charge in [-0.2, -0.15) is 0 Å². The van der Waals surface area contributed by atoms with Crippen LogP contribution in [0.25, 0.3) is 0 Å². The first-order chi connectivity index (χ1) is 10.7. The molecule has 2 N–H and O–H groups in total. The molecule has 126 valence electrons. The zero-order chi connectivity index (χ0) is 17.2. The number of amides is 1. The summed E-state index contributed by atoms with van der Waals surface area (Å²) in [6, 6.07) is 4.10. The van der Waals surface area contributed by atoms with Crippen molar-refractivity contribution in [3.05, 3.63) is 39.4 Å². The minimum atomic E-state index is -3.57. The second-order valence-corrected chi connectivity index (χ2v) is 7.50. The molecule has 1 heterocycles. The van der Waals surface area contributed by atoms with E-state index >= 15 is 0 Å². The maximum Gasteiger partial charge on any atom is 0.269 e. The molecule has 0 unspecified atom stereocenters. The molecule has 1 aromatic carbocycles. The quantitative estimate of drug-likeness (QED) is 0.647. The number of rotatable bonds is 4. The minimum absolute atomic E-state index is 0.0650. The van der Waals surface area contributed by atoms with E-state index in [9.17, 15) is 23.3 Å². The van der Waals surface area contributed by atoms with Crippen LogP contribution >= 0.6 is 0 Å². The number of nitro benzene ring substituents is 1. The van der Waals surface area contributed by atoms with E-state index < -0.39 is 14.9 Å². The van der Waals surface area contributed by atoms with Crippen LogP contribution in [0.3, 0.4) is 0 Å². The van der Waals surface area contributed by atoms with Crippen molar-refractivity contribution in [2.45, 2.75) is 19.8 Å². The van der Waals surface area contributed by atoms with Gasteiger partial charge in [0.1, 0.15) is 0 Å². The summed E-state index contributed by atoms with van der Waals surface area (Å²) in [6.45, 7) is 2.51. The van der Waals surface area contributed by atoms with Crippen molar-refractivity contribution in [3.8, 4) is 0 Å². The topological polar surface area (TPSA) is 124 Å². The molecule has 0 aliphatic carbocycles.